The fourth-order valence-electron chi connectivity index (χ4n) is 4.15. The molecule has 0 aliphatic heterocycles. The van der Waals surface area contributed by atoms with E-state index in [2.05, 4.69) is 9.97 Å². The van der Waals surface area contributed by atoms with Crippen LogP contribution in [0, 0.1) is 0 Å². The van der Waals surface area contributed by atoms with E-state index in [0.29, 0.717) is 0 Å². The van der Waals surface area contributed by atoms with Crippen LogP contribution in [0.15, 0.2) is 119 Å². The molecule has 2 heterocycles. The Kier molecular flexibility index (Phi) is 24.2. The summed E-state index contributed by atoms with van der Waals surface area (Å²) in [6.07, 6.45) is 11.3. The standard InChI is InChI=1S/C18H20N4.2C8H10O.2CHF3O3S.Cu/c1-2-10-18(22-14-16-8-4-6-12-20-16)17(9-1)21-13-15-7-3-5-11-19-15;2*1-7(9)8-5-3-2-4-6-8;2*2-1(3,4)8(5,6)7;/h3-8,11-14,17-18H,1-2,9-10H2;2*2-7,9H,1H3;2*(H,5,6,7);/q;;;;;+2/p-2/t17-,18-;2*7-;;;/m100.../s1. The van der Waals surface area contributed by atoms with Gasteiger partial charge in [0, 0.05) is 24.8 Å². The summed E-state index contributed by atoms with van der Waals surface area (Å²) >= 11 is 0. The summed E-state index contributed by atoms with van der Waals surface area (Å²) < 4.78 is 118. The smallest absolute Gasteiger partial charge is 0.741 e. The van der Waals surface area contributed by atoms with Gasteiger partial charge < -0.3 is 19.3 Å². The van der Waals surface area contributed by atoms with Crippen LogP contribution in [0.4, 0.5) is 26.3 Å². The van der Waals surface area contributed by atoms with Gasteiger partial charge in [-0.05, 0) is 62.1 Å². The number of hydrogen-bond acceptors (Lipinski definition) is 12. The summed E-state index contributed by atoms with van der Waals surface area (Å²) in [7, 11) is -12.2. The van der Waals surface area contributed by atoms with Crippen molar-refractivity contribution >= 4 is 32.7 Å². The molecule has 57 heavy (non-hydrogen) atoms. The Labute approximate surface area is 337 Å². The van der Waals surface area contributed by atoms with Gasteiger partial charge in [0.05, 0.1) is 35.7 Å². The summed E-state index contributed by atoms with van der Waals surface area (Å²) in [4.78, 5) is 18.0. The summed E-state index contributed by atoms with van der Waals surface area (Å²) in [5.41, 5.74) is -7.55. The first-order valence-corrected chi connectivity index (χ1v) is 19.2. The number of aliphatic hydroxyl groups is 2. The molecule has 1 radical (unpaired) electrons. The number of rotatable bonds is 6. The van der Waals surface area contributed by atoms with Gasteiger partial charge in [0.25, 0.3) is 0 Å². The zero-order valence-corrected chi connectivity index (χ0v) is 32.8. The van der Waals surface area contributed by atoms with E-state index in [4.69, 9.17) is 46.1 Å². The molecule has 4 atom stereocenters. The normalized spacial score (nSPS) is 16.7. The largest absolute Gasteiger partial charge is 2.00 e. The van der Waals surface area contributed by atoms with Crippen molar-refractivity contribution in [2.75, 3.05) is 0 Å². The van der Waals surface area contributed by atoms with Crippen LogP contribution in [0.5, 0.6) is 0 Å². The summed E-state index contributed by atoms with van der Waals surface area (Å²) in [5, 5.41) is 18.0. The first-order valence-electron chi connectivity index (χ1n) is 16.4. The van der Waals surface area contributed by atoms with E-state index in [1.807, 2.05) is 109 Å². The Balaban J connectivity index is 0.000000754. The SMILES string of the molecule is C(=N[C@@H]1CCCC[C@H]1N=Cc1ccccn1)c1ccccn1.C[C@H](O)c1ccccc1.C[C@H](O)c1ccccc1.O=S(=O)([O-])C(F)(F)F.O=S(=O)([O-])C(F)(F)F.[Cu+2]. The maximum absolute atomic E-state index is 10.7. The maximum atomic E-state index is 10.7. The molecule has 317 valence electrons. The third kappa shape index (κ3) is 23.1. The van der Waals surface area contributed by atoms with Gasteiger partial charge in [0.1, 0.15) is 0 Å². The van der Waals surface area contributed by atoms with Crippen molar-refractivity contribution in [2.45, 2.75) is 74.8 Å². The molecule has 0 bridgehead atoms. The molecule has 4 aromatic rings. The summed E-state index contributed by atoms with van der Waals surface area (Å²) in [6, 6.07) is 31.4. The van der Waals surface area contributed by atoms with Crippen molar-refractivity contribution in [3.63, 3.8) is 0 Å². The van der Waals surface area contributed by atoms with Crippen molar-refractivity contribution in [3.05, 3.63) is 132 Å². The van der Waals surface area contributed by atoms with E-state index < -0.39 is 31.3 Å². The van der Waals surface area contributed by atoms with E-state index in [1.165, 1.54) is 12.8 Å². The molecular weight excluding hydrogens is 858 g/mol. The third-order valence-corrected chi connectivity index (χ3v) is 8.13. The van der Waals surface area contributed by atoms with E-state index in [-0.39, 0.29) is 41.4 Å². The number of benzene rings is 2. The van der Waals surface area contributed by atoms with E-state index in [9.17, 15) is 26.3 Å². The van der Waals surface area contributed by atoms with Crippen molar-refractivity contribution in [2.24, 2.45) is 9.98 Å². The molecule has 1 saturated carbocycles. The van der Waals surface area contributed by atoms with Gasteiger partial charge in [-0.3, -0.25) is 20.0 Å². The molecule has 0 amide bonds. The molecular formula is C36H40CuF6N4O8S2. The molecule has 1 aliphatic rings. The predicted octanol–water partition coefficient (Wildman–Crippen LogP) is 6.91. The van der Waals surface area contributed by atoms with Gasteiger partial charge >= 0.3 is 28.1 Å². The molecule has 0 saturated heterocycles. The second-order valence-corrected chi connectivity index (χ2v) is 14.2. The number of aromatic nitrogens is 2. The second kappa shape index (κ2) is 26.0. The first-order chi connectivity index (χ1) is 26.0. The number of aliphatic hydroxyl groups excluding tert-OH is 2. The Morgan fingerprint density at radius 3 is 1.11 bits per heavy atom. The van der Waals surface area contributed by atoms with Crippen molar-refractivity contribution in [3.8, 4) is 0 Å². The second-order valence-electron chi connectivity index (χ2n) is 11.5. The molecule has 12 nitrogen and oxygen atoms in total. The van der Waals surface area contributed by atoms with Crippen LogP contribution in [0.1, 0.15) is 74.3 Å². The molecule has 2 N–H and O–H groups in total. The fraction of sp³-hybridized carbons (Fsp3) is 0.333. The number of nitrogens with zero attached hydrogens (tertiary/aromatic N) is 4. The molecule has 1 fully saturated rings. The number of hydrogen-bond donors (Lipinski definition) is 2. The number of pyridine rings is 2. The quantitative estimate of drug-likeness (QED) is 0.0673. The van der Waals surface area contributed by atoms with Crippen LogP contribution in [-0.4, -0.2) is 81.7 Å². The van der Waals surface area contributed by atoms with Gasteiger partial charge in [-0.15, -0.1) is 0 Å². The predicted molar refractivity (Wildman–Crippen MR) is 195 cm³/mol. The summed E-state index contributed by atoms with van der Waals surface area (Å²) in [5.74, 6) is 0. The number of alkyl halides is 6. The van der Waals surface area contributed by atoms with Gasteiger partial charge in [0.2, 0.25) is 0 Å². The maximum Gasteiger partial charge on any atom is 2.00 e. The minimum absolute atomic E-state index is 0. The van der Waals surface area contributed by atoms with Crippen molar-refractivity contribution in [1.82, 2.24) is 9.97 Å². The Hall–Kier alpha value is -4.08. The Bertz CT molecular complexity index is 1800. The van der Waals surface area contributed by atoms with Gasteiger partial charge in [-0.1, -0.05) is 85.6 Å². The first kappa shape index (κ1) is 52.9. The minimum Gasteiger partial charge on any atom is -0.741 e. The molecule has 0 spiro atoms. The zero-order valence-electron chi connectivity index (χ0n) is 30.2. The van der Waals surface area contributed by atoms with Gasteiger partial charge in [-0.2, -0.15) is 26.3 Å². The molecule has 21 heteroatoms. The average Bonchev–Trinajstić information content (AvgIpc) is 3.14. The van der Waals surface area contributed by atoms with Crippen LogP contribution in [0.2, 0.25) is 0 Å². The average molecular weight is 898 g/mol. The third-order valence-electron chi connectivity index (χ3n) is 7.00. The summed E-state index contributed by atoms with van der Waals surface area (Å²) in [6.45, 7) is 3.52. The molecule has 5 rings (SSSR count). The zero-order chi connectivity index (χ0) is 42.4. The van der Waals surface area contributed by atoms with Crippen LogP contribution in [-0.2, 0) is 37.3 Å². The number of halogens is 6. The molecule has 2 aromatic heterocycles. The van der Waals surface area contributed by atoms with Crippen LogP contribution >= 0.6 is 0 Å². The molecule has 2 aromatic carbocycles. The van der Waals surface area contributed by atoms with Crippen LogP contribution in [0.3, 0.4) is 0 Å². The number of aliphatic imine (C=N–C) groups is 2. The topological polar surface area (TPSA) is 205 Å². The van der Waals surface area contributed by atoms with Crippen molar-refractivity contribution in [1.29, 1.82) is 0 Å². The van der Waals surface area contributed by atoms with Gasteiger partial charge in [0.15, 0.2) is 20.2 Å². The van der Waals surface area contributed by atoms with E-state index in [0.717, 1.165) is 35.4 Å². The van der Waals surface area contributed by atoms with Crippen LogP contribution < -0.4 is 0 Å². The molecule has 1 aliphatic carbocycles. The Morgan fingerprint density at radius 2 is 0.895 bits per heavy atom. The van der Waals surface area contributed by atoms with Crippen molar-refractivity contribution < 1.29 is 79.6 Å². The Morgan fingerprint density at radius 1 is 0.614 bits per heavy atom. The monoisotopic (exact) mass is 897 g/mol. The van der Waals surface area contributed by atoms with E-state index >= 15 is 0 Å². The minimum atomic E-state index is -6.09. The van der Waals surface area contributed by atoms with Crippen LogP contribution in [0.25, 0.3) is 0 Å². The molecule has 0 unspecified atom stereocenters. The fourth-order valence-corrected chi connectivity index (χ4v) is 4.15. The van der Waals surface area contributed by atoms with Gasteiger partial charge in [-0.25, -0.2) is 16.8 Å². The van der Waals surface area contributed by atoms with E-state index in [1.54, 1.807) is 26.2 Å².